The Hall–Kier alpha value is -1.30. The van der Waals surface area contributed by atoms with Gasteiger partial charge >= 0.3 is 12.1 Å². The van der Waals surface area contributed by atoms with Gasteiger partial charge in [0.15, 0.2) is 0 Å². The molecular formula is C11H17ClO6. The molecule has 6 nitrogen and oxygen atoms in total. The summed E-state index contributed by atoms with van der Waals surface area (Å²) in [6.45, 7) is 5.00. The average Bonchev–Trinajstić information content (AvgIpc) is 2.11. The van der Waals surface area contributed by atoms with Gasteiger partial charge in [-0.25, -0.2) is 4.79 Å². The summed E-state index contributed by atoms with van der Waals surface area (Å²) < 4.78 is 9.71. The van der Waals surface area contributed by atoms with Gasteiger partial charge in [-0.3, -0.25) is 9.59 Å². The number of ether oxygens (including phenoxy) is 2. The Morgan fingerprint density at radius 3 is 2.22 bits per heavy atom. The second-order valence-corrected chi connectivity index (χ2v) is 4.98. The molecule has 18 heavy (non-hydrogen) atoms. The number of Topliss-reactive ketones (excluding diaryl/α,β-unsaturated/α-hetero) is 1. The van der Waals surface area contributed by atoms with Crippen LogP contribution in [0.3, 0.4) is 0 Å². The molecule has 104 valence electrons. The van der Waals surface area contributed by atoms with Crippen LogP contribution in [0.1, 0.15) is 33.6 Å². The molecule has 0 aliphatic heterocycles. The van der Waals surface area contributed by atoms with E-state index in [4.69, 9.17) is 26.2 Å². The fraction of sp³-hybridized carbons (Fsp3) is 0.727. The highest BCUT2D eigenvalue weighted by Crippen LogP contribution is 2.11. The summed E-state index contributed by atoms with van der Waals surface area (Å²) in [6.07, 6.45) is -2.68. The van der Waals surface area contributed by atoms with E-state index in [0.717, 1.165) is 0 Å². The first kappa shape index (κ1) is 16.7. The maximum atomic E-state index is 11.3. The fourth-order valence-corrected chi connectivity index (χ4v) is 1.20. The summed E-state index contributed by atoms with van der Waals surface area (Å²) in [6, 6.07) is 0. The van der Waals surface area contributed by atoms with Gasteiger partial charge in [0.05, 0.1) is 5.88 Å². The zero-order valence-corrected chi connectivity index (χ0v) is 11.3. The van der Waals surface area contributed by atoms with E-state index in [-0.39, 0.29) is 12.3 Å². The van der Waals surface area contributed by atoms with Crippen molar-refractivity contribution >= 4 is 29.5 Å². The minimum Gasteiger partial charge on any atom is -0.481 e. The van der Waals surface area contributed by atoms with E-state index in [1.54, 1.807) is 20.8 Å². The van der Waals surface area contributed by atoms with E-state index in [0.29, 0.717) is 0 Å². The lowest BCUT2D eigenvalue weighted by Gasteiger charge is -2.21. The molecule has 0 heterocycles. The van der Waals surface area contributed by atoms with Crippen LogP contribution in [0.2, 0.25) is 0 Å². The van der Waals surface area contributed by atoms with Gasteiger partial charge in [-0.05, 0) is 20.8 Å². The molecule has 0 radical (unpaired) electrons. The Bertz CT molecular complexity index is 320. The van der Waals surface area contributed by atoms with Crippen LogP contribution in [0.25, 0.3) is 0 Å². The third-order valence-corrected chi connectivity index (χ3v) is 1.97. The monoisotopic (exact) mass is 280 g/mol. The Balaban J connectivity index is 4.23. The molecule has 0 rings (SSSR count). The molecule has 0 amide bonds. The molecule has 0 unspecified atom stereocenters. The number of carbonyl (C=O) groups excluding carboxylic acids is 2. The van der Waals surface area contributed by atoms with Gasteiger partial charge in [0.25, 0.3) is 0 Å². The largest absolute Gasteiger partial charge is 0.509 e. The molecule has 0 aromatic carbocycles. The fourth-order valence-electron chi connectivity index (χ4n) is 1.03. The van der Waals surface area contributed by atoms with Crippen molar-refractivity contribution in [1.82, 2.24) is 0 Å². The maximum absolute atomic E-state index is 11.3. The van der Waals surface area contributed by atoms with Crippen LogP contribution in [0.15, 0.2) is 0 Å². The summed E-state index contributed by atoms with van der Waals surface area (Å²) in [5, 5.41) is 8.42. The van der Waals surface area contributed by atoms with Crippen molar-refractivity contribution in [2.75, 3.05) is 5.88 Å². The number of halogens is 1. The van der Waals surface area contributed by atoms with Gasteiger partial charge in [-0.1, -0.05) is 0 Å². The maximum Gasteiger partial charge on any atom is 0.509 e. The highest BCUT2D eigenvalue weighted by Gasteiger charge is 2.23. The van der Waals surface area contributed by atoms with Gasteiger partial charge in [-0.15, -0.1) is 11.6 Å². The molecule has 0 spiro atoms. The quantitative estimate of drug-likeness (QED) is 0.454. The Labute approximate surface area is 110 Å². The van der Waals surface area contributed by atoms with Crippen LogP contribution >= 0.6 is 11.6 Å². The predicted octanol–water partition coefficient (Wildman–Crippen LogP) is 1.98. The van der Waals surface area contributed by atoms with Crippen molar-refractivity contribution in [1.29, 1.82) is 0 Å². The molecule has 0 saturated heterocycles. The number of hydrogen-bond acceptors (Lipinski definition) is 5. The van der Waals surface area contributed by atoms with E-state index in [2.05, 4.69) is 0 Å². The van der Waals surface area contributed by atoms with Crippen molar-refractivity contribution < 1.29 is 29.0 Å². The molecule has 0 fully saturated rings. The number of alkyl halides is 1. The van der Waals surface area contributed by atoms with Crippen LogP contribution in [-0.2, 0) is 19.1 Å². The van der Waals surface area contributed by atoms with Gasteiger partial charge in [-0.2, -0.15) is 0 Å². The number of ketones is 1. The summed E-state index contributed by atoms with van der Waals surface area (Å²) in [7, 11) is 0. The van der Waals surface area contributed by atoms with Crippen molar-refractivity contribution in [3.8, 4) is 0 Å². The number of aliphatic carboxylic acids is 1. The molecule has 1 atom stereocenters. The van der Waals surface area contributed by atoms with Crippen LogP contribution in [0.4, 0.5) is 4.79 Å². The van der Waals surface area contributed by atoms with Crippen LogP contribution < -0.4 is 0 Å². The van der Waals surface area contributed by atoms with E-state index >= 15 is 0 Å². The van der Waals surface area contributed by atoms with Gasteiger partial charge < -0.3 is 14.6 Å². The van der Waals surface area contributed by atoms with Crippen LogP contribution in [0.5, 0.6) is 0 Å². The summed E-state index contributed by atoms with van der Waals surface area (Å²) >= 11 is 5.53. The van der Waals surface area contributed by atoms with Crippen LogP contribution in [0, 0.1) is 0 Å². The molecule has 0 saturated carbocycles. The highest BCUT2D eigenvalue weighted by atomic mass is 35.5. The van der Waals surface area contributed by atoms with E-state index < -0.39 is 36.0 Å². The minimum absolute atomic E-state index is 0.107. The SMILES string of the molecule is CC(C)(C)OC(=O)O[C@H](CCl)CC(=O)CC(=O)O. The molecule has 0 aliphatic carbocycles. The number of hydrogen-bond donors (Lipinski definition) is 1. The molecular weight excluding hydrogens is 264 g/mol. The van der Waals surface area contributed by atoms with Crippen molar-refractivity contribution in [3.63, 3.8) is 0 Å². The Morgan fingerprint density at radius 1 is 1.28 bits per heavy atom. The number of carboxylic acids is 1. The number of carbonyl (C=O) groups is 3. The molecule has 0 aromatic rings. The van der Waals surface area contributed by atoms with E-state index in [1.165, 1.54) is 0 Å². The topological polar surface area (TPSA) is 89.9 Å². The summed E-state index contributed by atoms with van der Waals surface area (Å²) in [5.41, 5.74) is -0.709. The predicted molar refractivity (Wildman–Crippen MR) is 63.7 cm³/mol. The lowest BCUT2D eigenvalue weighted by Crippen LogP contribution is -2.29. The highest BCUT2D eigenvalue weighted by molar-refractivity contribution is 6.18. The van der Waals surface area contributed by atoms with Crippen molar-refractivity contribution in [2.45, 2.75) is 45.3 Å². The third-order valence-electron chi connectivity index (χ3n) is 1.63. The lowest BCUT2D eigenvalue weighted by atomic mass is 10.1. The summed E-state index contributed by atoms with van der Waals surface area (Å²) in [5.74, 6) is -1.90. The molecule has 1 N–H and O–H groups in total. The van der Waals surface area contributed by atoms with Crippen LogP contribution in [-0.4, -0.2) is 40.6 Å². The van der Waals surface area contributed by atoms with Crippen molar-refractivity contribution in [3.05, 3.63) is 0 Å². The third kappa shape index (κ3) is 8.81. The second-order valence-electron chi connectivity index (χ2n) is 4.67. The molecule has 0 aliphatic rings. The Kier molecular flexibility index (Phi) is 6.68. The van der Waals surface area contributed by atoms with Crippen molar-refractivity contribution in [2.24, 2.45) is 0 Å². The first-order valence-corrected chi connectivity index (χ1v) is 5.86. The minimum atomic E-state index is -1.23. The second kappa shape index (κ2) is 7.20. The average molecular weight is 281 g/mol. The first-order chi connectivity index (χ1) is 8.14. The zero-order valence-electron chi connectivity index (χ0n) is 10.6. The molecule has 0 bridgehead atoms. The molecule has 0 aromatic heterocycles. The van der Waals surface area contributed by atoms with E-state index in [9.17, 15) is 14.4 Å². The lowest BCUT2D eigenvalue weighted by molar-refractivity contribution is -0.140. The van der Waals surface area contributed by atoms with Gasteiger partial charge in [0, 0.05) is 6.42 Å². The van der Waals surface area contributed by atoms with Gasteiger partial charge in [0.2, 0.25) is 0 Å². The standard InChI is InChI=1S/C11H17ClO6/c1-11(2,3)18-10(16)17-8(6-12)4-7(13)5-9(14)15/h8H,4-6H2,1-3H3,(H,14,15)/t8-/m0/s1. The smallest absolute Gasteiger partial charge is 0.481 e. The summed E-state index contributed by atoms with van der Waals surface area (Å²) in [4.78, 5) is 32.8. The number of carboxylic acid groups (broad SMARTS) is 1. The van der Waals surface area contributed by atoms with E-state index in [1.807, 2.05) is 0 Å². The van der Waals surface area contributed by atoms with Gasteiger partial charge in [0.1, 0.15) is 23.9 Å². The first-order valence-electron chi connectivity index (χ1n) is 5.33. The zero-order chi connectivity index (χ0) is 14.3. The number of rotatable bonds is 6. The normalized spacial score (nSPS) is 12.7. The Morgan fingerprint density at radius 2 is 1.83 bits per heavy atom. The molecule has 7 heteroatoms.